The highest BCUT2D eigenvalue weighted by molar-refractivity contribution is 6.31. The molecule has 2 N–H and O–H groups in total. The van der Waals surface area contributed by atoms with Gasteiger partial charge >= 0.3 is 5.97 Å². The normalized spacial score (nSPS) is 20.2. The van der Waals surface area contributed by atoms with Crippen LogP contribution in [0.15, 0.2) is 18.2 Å². The maximum absolute atomic E-state index is 11.0. The van der Waals surface area contributed by atoms with Gasteiger partial charge < -0.3 is 10.4 Å². The summed E-state index contributed by atoms with van der Waals surface area (Å²) in [7, 11) is 0. The van der Waals surface area contributed by atoms with Gasteiger partial charge in [-0.05, 0) is 17.2 Å². The van der Waals surface area contributed by atoms with E-state index >= 15 is 0 Å². The molecule has 2 rings (SSSR count). The molecular formula is C10H10ClNO2. The third-order valence-corrected chi connectivity index (χ3v) is 2.78. The molecule has 0 aromatic heterocycles. The second kappa shape index (κ2) is 3.59. The van der Waals surface area contributed by atoms with E-state index in [0.29, 0.717) is 18.1 Å². The van der Waals surface area contributed by atoms with E-state index in [9.17, 15) is 4.79 Å². The molecule has 1 aliphatic heterocycles. The van der Waals surface area contributed by atoms with E-state index in [1.165, 1.54) is 0 Å². The van der Waals surface area contributed by atoms with Gasteiger partial charge in [-0.2, -0.15) is 0 Å². The summed E-state index contributed by atoms with van der Waals surface area (Å²) in [5.41, 5.74) is 1.75. The molecule has 0 radical (unpaired) electrons. The second-order valence-electron chi connectivity index (χ2n) is 3.33. The average molecular weight is 212 g/mol. The third kappa shape index (κ3) is 1.49. The summed E-state index contributed by atoms with van der Waals surface area (Å²) in [6.07, 6.45) is 0. The van der Waals surface area contributed by atoms with Crippen molar-refractivity contribution in [1.29, 1.82) is 0 Å². The molecule has 0 amide bonds. The predicted octanol–water partition coefficient (Wildman–Crippen LogP) is 1.61. The summed E-state index contributed by atoms with van der Waals surface area (Å²) in [5, 5.41) is 12.6. The first-order valence-corrected chi connectivity index (χ1v) is 4.78. The van der Waals surface area contributed by atoms with Gasteiger partial charge in [0, 0.05) is 18.1 Å². The Morgan fingerprint density at radius 2 is 2.36 bits per heavy atom. The molecule has 0 saturated heterocycles. The molecule has 1 atom stereocenters. The lowest BCUT2D eigenvalue weighted by Crippen LogP contribution is -2.32. The SMILES string of the molecule is O=C(O)C1CNCc2cccc(Cl)c21. The van der Waals surface area contributed by atoms with Gasteiger partial charge in [0.15, 0.2) is 0 Å². The Labute approximate surface area is 86.7 Å². The molecule has 14 heavy (non-hydrogen) atoms. The van der Waals surface area contributed by atoms with Crippen molar-refractivity contribution < 1.29 is 9.90 Å². The van der Waals surface area contributed by atoms with Crippen LogP contribution in [0.25, 0.3) is 0 Å². The average Bonchev–Trinajstić information content (AvgIpc) is 2.17. The van der Waals surface area contributed by atoms with Crippen LogP contribution < -0.4 is 5.32 Å². The number of carbonyl (C=O) groups is 1. The van der Waals surface area contributed by atoms with Crippen molar-refractivity contribution in [2.75, 3.05) is 6.54 Å². The van der Waals surface area contributed by atoms with Gasteiger partial charge in [0.05, 0.1) is 5.92 Å². The van der Waals surface area contributed by atoms with Crippen molar-refractivity contribution >= 4 is 17.6 Å². The Morgan fingerprint density at radius 1 is 1.57 bits per heavy atom. The second-order valence-corrected chi connectivity index (χ2v) is 3.74. The summed E-state index contributed by atoms with van der Waals surface area (Å²) >= 11 is 5.99. The van der Waals surface area contributed by atoms with Crippen molar-refractivity contribution in [2.45, 2.75) is 12.5 Å². The molecule has 1 aliphatic rings. The lowest BCUT2D eigenvalue weighted by Gasteiger charge is -2.24. The minimum absolute atomic E-state index is 0.450. The van der Waals surface area contributed by atoms with Crippen LogP contribution in [0.5, 0.6) is 0 Å². The van der Waals surface area contributed by atoms with Gasteiger partial charge in [-0.1, -0.05) is 23.7 Å². The van der Waals surface area contributed by atoms with Gasteiger partial charge in [-0.25, -0.2) is 0 Å². The van der Waals surface area contributed by atoms with Gasteiger partial charge in [0.25, 0.3) is 0 Å². The summed E-state index contributed by atoms with van der Waals surface area (Å²) in [6, 6.07) is 5.48. The Hall–Kier alpha value is -1.06. The van der Waals surface area contributed by atoms with E-state index in [4.69, 9.17) is 16.7 Å². The van der Waals surface area contributed by atoms with Crippen molar-refractivity contribution in [1.82, 2.24) is 5.32 Å². The minimum atomic E-state index is -0.827. The maximum atomic E-state index is 11.0. The molecule has 1 aromatic rings. The summed E-state index contributed by atoms with van der Waals surface area (Å²) < 4.78 is 0. The molecule has 74 valence electrons. The van der Waals surface area contributed by atoms with E-state index in [-0.39, 0.29) is 0 Å². The fraction of sp³-hybridized carbons (Fsp3) is 0.300. The number of nitrogens with one attached hydrogen (secondary N) is 1. The number of hydrogen-bond donors (Lipinski definition) is 2. The molecule has 0 aliphatic carbocycles. The molecule has 3 nitrogen and oxygen atoms in total. The van der Waals surface area contributed by atoms with Crippen LogP contribution in [-0.4, -0.2) is 17.6 Å². The highest BCUT2D eigenvalue weighted by Gasteiger charge is 2.27. The van der Waals surface area contributed by atoms with E-state index < -0.39 is 11.9 Å². The molecule has 1 heterocycles. The Balaban J connectivity index is 2.52. The zero-order valence-electron chi connectivity index (χ0n) is 7.46. The molecule has 0 fully saturated rings. The fourth-order valence-electron chi connectivity index (χ4n) is 1.79. The first-order chi connectivity index (χ1) is 6.70. The van der Waals surface area contributed by atoms with E-state index in [0.717, 1.165) is 11.1 Å². The van der Waals surface area contributed by atoms with Crippen LogP contribution >= 0.6 is 11.6 Å². The first-order valence-electron chi connectivity index (χ1n) is 4.41. The minimum Gasteiger partial charge on any atom is -0.481 e. The van der Waals surface area contributed by atoms with Crippen molar-refractivity contribution in [3.63, 3.8) is 0 Å². The third-order valence-electron chi connectivity index (χ3n) is 2.45. The number of aliphatic carboxylic acids is 1. The van der Waals surface area contributed by atoms with Crippen molar-refractivity contribution in [3.05, 3.63) is 34.3 Å². The maximum Gasteiger partial charge on any atom is 0.312 e. The van der Waals surface area contributed by atoms with E-state index in [1.54, 1.807) is 6.07 Å². The number of rotatable bonds is 1. The van der Waals surface area contributed by atoms with Crippen LogP contribution in [0.4, 0.5) is 0 Å². The topological polar surface area (TPSA) is 49.3 Å². The highest BCUT2D eigenvalue weighted by atomic mass is 35.5. The van der Waals surface area contributed by atoms with Gasteiger partial charge in [0.2, 0.25) is 0 Å². The van der Waals surface area contributed by atoms with Crippen molar-refractivity contribution in [3.8, 4) is 0 Å². The van der Waals surface area contributed by atoms with E-state index in [2.05, 4.69) is 5.32 Å². The van der Waals surface area contributed by atoms with Gasteiger partial charge in [-0.3, -0.25) is 4.79 Å². The van der Waals surface area contributed by atoms with Crippen LogP contribution in [-0.2, 0) is 11.3 Å². The molecule has 0 bridgehead atoms. The van der Waals surface area contributed by atoms with Crippen molar-refractivity contribution in [2.24, 2.45) is 0 Å². The lowest BCUT2D eigenvalue weighted by molar-refractivity contribution is -0.138. The highest BCUT2D eigenvalue weighted by Crippen LogP contribution is 2.30. The zero-order chi connectivity index (χ0) is 10.1. The van der Waals surface area contributed by atoms with Crippen LogP contribution in [0.1, 0.15) is 17.0 Å². The molecule has 0 saturated carbocycles. The molecule has 1 unspecified atom stereocenters. The number of fused-ring (bicyclic) bond motifs is 1. The quantitative estimate of drug-likeness (QED) is 0.742. The molecule has 4 heteroatoms. The summed E-state index contributed by atoms with van der Waals surface area (Å²) in [6.45, 7) is 1.14. The fourth-order valence-corrected chi connectivity index (χ4v) is 2.12. The molecule has 1 aromatic carbocycles. The zero-order valence-corrected chi connectivity index (χ0v) is 8.21. The summed E-state index contributed by atoms with van der Waals surface area (Å²) in [4.78, 5) is 11.0. The van der Waals surface area contributed by atoms with Crippen LogP contribution in [0, 0.1) is 0 Å². The molecule has 0 spiro atoms. The number of carboxylic acid groups (broad SMARTS) is 1. The Morgan fingerprint density at radius 3 is 3.07 bits per heavy atom. The van der Waals surface area contributed by atoms with Gasteiger partial charge in [0.1, 0.15) is 0 Å². The number of benzene rings is 1. The van der Waals surface area contributed by atoms with Crippen LogP contribution in [0.3, 0.4) is 0 Å². The summed E-state index contributed by atoms with van der Waals surface area (Å²) in [5.74, 6) is -1.35. The predicted molar refractivity (Wildman–Crippen MR) is 53.5 cm³/mol. The number of hydrogen-bond acceptors (Lipinski definition) is 2. The van der Waals surface area contributed by atoms with Crippen LogP contribution in [0.2, 0.25) is 5.02 Å². The number of carboxylic acids is 1. The first kappa shape index (κ1) is 9.49. The van der Waals surface area contributed by atoms with E-state index in [1.807, 2.05) is 12.1 Å². The van der Waals surface area contributed by atoms with Gasteiger partial charge in [-0.15, -0.1) is 0 Å². The standard InChI is InChI=1S/C10H10ClNO2/c11-8-3-1-2-6-4-12-5-7(9(6)8)10(13)14/h1-3,7,12H,4-5H2,(H,13,14). The lowest BCUT2D eigenvalue weighted by atomic mass is 9.91. The smallest absolute Gasteiger partial charge is 0.312 e. The number of halogens is 1. The molecular weight excluding hydrogens is 202 g/mol. The Bertz CT molecular complexity index is 378. The largest absolute Gasteiger partial charge is 0.481 e. The Kier molecular flexibility index (Phi) is 2.44. The monoisotopic (exact) mass is 211 g/mol.